The number of furan rings is 1. The van der Waals surface area contributed by atoms with Gasteiger partial charge >= 0.3 is 0 Å². The summed E-state index contributed by atoms with van der Waals surface area (Å²) in [6.45, 7) is 3.06. The number of para-hydroxylation sites is 2. The molecule has 0 saturated carbocycles. The standard InChI is InChI=1S/C18H23N3O4/c1-3-21(12-17(22)19-11-14-7-6-10-25-14)13-18(23)20-15-8-4-5-9-16(15)24-2/h4-10H,3,11-13H2,1-2H3,(H,19,22)(H,20,23). The number of likely N-dealkylation sites (N-methyl/N-ethyl adjacent to an activating group) is 1. The van der Waals surface area contributed by atoms with Gasteiger partial charge in [-0.2, -0.15) is 0 Å². The van der Waals surface area contributed by atoms with Gasteiger partial charge in [-0.15, -0.1) is 0 Å². The Morgan fingerprint density at radius 3 is 2.56 bits per heavy atom. The summed E-state index contributed by atoms with van der Waals surface area (Å²) in [4.78, 5) is 26.0. The van der Waals surface area contributed by atoms with E-state index in [1.807, 2.05) is 19.1 Å². The van der Waals surface area contributed by atoms with E-state index < -0.39 is 0 Å². The van der Waals surface area contributed by atoms with Gasteiger partial charge in [0.25, 0.3) is 0 Å². The fourth-order valence-electron chi connectivity index (χ4n) is 2.28. The Labute approximate surface area is 146 Å². The molecule has 0 fully saturated rings. The molecule has 0 spiro atoms. The van der Waals surface area contributed by atoms with Gasteiger partial charge in [-0.25, -0.2) is 0 Å². The highest BCUT2D eigenvalue weighted by Crippen LogP contribution is 2.22. The third-order valence-electron chi connectivity index (χ3n) is 3.60. The number of hydrogen-bond donors (Lipinski definition) is 2. The number of carbonyl (C=O) groups excluding carboxylic acids is 2. The second kappa shape index (κ2) is 9.48. The molecule has 1 aromatic heterocycles. The first-order valence-corrected chi connectivity index (χ1v) is 8.06. The number of ether oxygens (including phenoxy) is 1. The molecule has 0 aliphatic carbocycles. The van der Waals surface area contributed by atoms with Crippen molar-refractivity contribution in [3.63, 3.8) is 0 Å². The Morgan fingerprint density at radius 1 is 1.12 bits per heavy atom. The summed E-state index contributed by atoms with van der Waals surface area (Å²) in [5.41, 5.74) is 0.605. The maximum atomic E-state index is 12.2. The van der Waals surface area contributed by atoms with Gasteiger partial charge < -0.3 is 19.8 Å². The second-order valence-corrected chi connectivity index (χ2v) is 5.41. The number of nitrogens with one attached hydrogen (secondary N) is 2. The third-order valence-corrected chi connectivity index (χ3v) is 3.60. The van der Waals surface area contributed by atoms with Crippen LogP contribution in [0.3, 0.4) is 0 Å². The zero-order chi connectivity index (χ0) is 18.1. The Balaban J connectivity index is 1.81. The van der Waals surface area contributed by atoms with E-state index in [2.05, 4.69) is 10.6 Å². The van der Waals surface area contributed by atoms with Gasteiger partial charge in [0.1, 0.15) is 11.5 Å². The van der Waals surface area contributed by atoms with Crippen molar-refractivity contribution in [2.24, 2.45) is 0 Å². The number of amides is 2. The molecule has 7 heteroatoms. The van der Waals surface area contributed by atoms with Crippen molar-refractivity contribution >= 4 is 17.5 Å². The minimum Gasteiger partial charge on any atom is -0.495 e. The molecular formula is C18H23N3O4. The Morgan fingerprint density at radius 2 is 1.88 bits per heavy atom. The van der Waals surface area contributed by atoms with Gasteiger partial charge in [-0.3, -0.25) is 14.5 Å². The number of hydrogen-bond acceptors (Lipinski definition) is 5. The molecule has 1 heterocycles. The van der Waals surface area contributed by atoms with Gasteiger partial charge in [0, 0.05) is 0 Å². The molecular weight excluding hydrogens is 322 g/mol. The molecule has 2 rings (SSSR count). The van der Waals surface area contributed by atoms with E-state index in [-0.39, 0.29) is 24.9 Å². The van der Waals surface area contributed by atoms with Crippen LogP contribution in [-0.2, 0) is 16.1 Å². The normalized spacial score (nSPS) is 10.5. The molecule has 0 unspecified atom stereocenters. The number of anilines is 1. The van der Waals surface area contributed by atoms with Crippen molar-refractivity contribution in [3.8, 4) is 5.75 Å². The molecule has 0 aliphatic heterocycles. The van der Waals surface area contributed by atoms with E-state index in [0.29, 0.717) is 30.3 Å². The maximum absolute atomic E-state index is 12.2. The fourth-order valence-corrected chi connectivity index (χ4v) is 2.28. The molecule has 7 nitrogen and oxygen atoms in total. The number of benzene rings is 1. The first-order valence-electron chi connectivity index (χ1n) is 8.06. The molecule has 0 atom stereocenters. The summed E-state index contributed by atoms with van der Waals surface area (Å²) in [5, 5.41) is 5.57. The monoisotopic (exact) mass is 345 g/mol. The van der Waals surface area contributed by atoms with E-state index in [1.54, 1.807) is 42.5 Å². The van der Waals surface area contributed by atoms with Crippen LogP contribution in [0.5, 0.6) is 5.75 Å². The predicted molar refractivity (Wildman–Crippen MR) is 94.3 cm³/mol. The first kappa shape index (κ1) is 18.5. The van der Waals surface area contributed by atoms with Crippen LogP contribution in [-0.4, -0.2) is 43.5 Å². The fraction of sp³-hybridized carbons (Fsp3) is 0.333. The van der Waals surface area contributed by atoms with Crippen molar-refractivity contribution in [1.29, 1.82) is 0 Å². The first-order chi connectivity index (χ1) is 12.1. The summed E-state index contributed by atoms with van der Waals surface area (Å²) in [7, 11) is 1.55. The van der Waals surface area contributed by atoms with Crippen LogP contribution in [0.4, 0.5) is 5.69 Å². The zero-order valence-corrected chi connectivity index (χ0v) is 14.5. The molecule has 134 valence electrons. The largest absolute Gasteiger partial charge is 0.495 e. The lowest BCUT2D eigenvalue weighted by molar-refractivity contribution is -0.123. The van der Waals surface area contributed by atoms with Crippen LogP contribution >= 0.6 is 0 Å². The predicted octanol–water partition coefficient (Wildman–Crippen LogP) is 1.86. The zero-order valence-electron chi connectivity index (χ0n) is 14.5. The number of carbonyl (C=O) groups is 2. The Kier molecular flexibility index (Phi) is 7.03. The van der Waals surface area contributed by atoms with Crippen molar-refractivity contribution < 1.29 is 18.7 Å². The van der Waals surface area contributed by atoms with Gasteiger partial charge in [-0.1, -0.05) is 19.1 Å². The van der Waals surface area contributed by atoms with Crippen molar-refractivity contribution in [1.82, 2.24) is 10.2 Å². The minimum atomic E-state index is -0.204. The summed E-state index contributed by atoms with van der Waals surface area (Å²) in [6, 6.07) is 10.7. The van der Waals surface area contributed by atoms with Crippen LogP contribution in [0, 0.1) is 0 Å². The second-order valence-electron chi connectivity index (χ2n) is 5.41. The number of rotatable bonds is 9. The van der Waals surface area contributed by atoms with Crippen LogP contribution in [0.15, 0.2) is 47.1 Å². The quantitative estimate of drug-likeness (QED) is 0.725. The molecule has 2 amide bonds. The number of methoxy groups -OCH3 is 1. The maximum Gasteiger partial charge on any atom is 0.238 e. The van der Waals surface area contributed by atoms with Crippen LogP contribution in [0.2, 0.25) is 0 Å². The Hall–Kier alpha value is -2.80. The van der Waals surface area contributed by atoms with E-state index in [0.717, 1.165) is 0 Å². The van der Waals surface area contributed by atoms with Crippen molar-refractivity contribution in [2.45, 2.75) is 13.5 Å². The summed E-state index contributed by atoms with van der Waals surface area (Å²) in [5.74, 6) is 0.911. The van der Waals surface area contributed by atoms with Crippen LogP contribution in [0.25, 0.3) is 0 Å². The van der Waals surface area contributed by atoms with Crippen LogP contribution < -0.4 is 15.4 Å². The average molecular weight is 345 g/mol. The number of nitrogens with zero attached hydrogens (tertiary/aromatic N) is 1. The Bertz CT molecular complexity index is 685. The molecule has 0 radical (unpaired) electrons. The summed E-state index contributed by atoms with van der Waals surface area (Å²) in [6.07, 6.45) is 1.56. The lowest BCUT2D eigenvalue weighted by atomic mass is 10.3. The molecule has 0 aliphatic rings. The highest BCUT2D eigenvalue weighted by molar-refractivity contribution is 5.94. The van der Waals surface area contributed by atoms with Crippen molar-refractivity contribution in [2.75, 3.05) is 32.1 Å². The molecule has 2 aromatic rings. The SMILES string of the molecule is CCN(CC(=O)NCc1ccco1)CC(=O)Nc1ccccc1OC. The van der Waals surface area contributed by atoms with E-state index in [4.69, 9.17) is 9.15 Å². The minimum absolute atomic E-state index is 0.114. The highest BCUT2D eigenvalue weighted by Gasteiger charge is 2.14. The molecule has 0 saturated heterocycles. The van der Waals surface area contributed by atoms with Gasteiger partial charge in [0.2, 0.25) is 11.8 Å². The molecule has 2 N–H and O–H groups in total. The molecule has 0 bridgehead atoms. The topological polar surface area (TPSA) is 83.8 Å². The van der Waals surface area contributed by atoms with E-state index in [1.165, 1.54) is 0 Å². The van der Waals surface area contributed by atoms with Crippen LogP contribution in [0.1, 0.15) is 12.7 Å². The highest BCUT2D eigenvalue weighted by atomic mass is 16.5. The lowest BCUT2D eigenvalue weighted by Crippen LogP contribution is -2.40. The molecule has 1 aromatic carbocycles. The smallest absolute Gasteiger partial charge is 0.238 e. The van der Waals surface area contributed by atoms with Crippen molar-refractivity contribution in [3.05, 3.63) is 48.4 Å². The van der Waals surface area contributed by atoms with Gasteiger partial charge in [0.05, 0.1) is 38.7 Å². The van der Waals surface area contributed by atoms with E-state index >= 15 is 0 Å². The van der Waals surface area contributed by atoms with Gasteiger partial charge in [0.15, 0.2) is 0 Å². The summed E-state index contributed by atoms with van der Waals surface area (Å²) >= 11 is 0. The lowest BCUT2D eigenvalue weighted by Gasteiger charge is -2.19. The van der Waals surface area contributed by atoms with E-state index in [9.17, 15) is 9.59 Å². The average Bonchev–Trinajstić information content (AvgIpc) is 3.13. The molecule has 25 heavy (non-hydrogen) atoms. The third kappa shape index (κ3) is 5.96. The van der Waals surface area contributed by atoms with Gasteiger partial charge in [-0.05, 0) is 30.8 Å². The summed E-state index contributed by atoms with van der Waals surface area (Å²) < 4.78 is 10.4.